The maximum atomic E-state index is 14.2. The van der Waals surface area contributed by atoms with Crippen LogP contribution in [0.25, 0.3) is 0 Å². The molecular weight excluding hydrogens is 333 g/mol. The molecule has 0 aliphatic heterocycles. The lowest BCUT2D eigenvalue weighted by Gasteiger charge is -2.15. The van der Waals surface area contributed by atoms with E-state index in [9.17, 15) is 27.6 Å². The number of rotatable bonds is 7. The highest BCUT2D eigenvalue weighted by Gasteiger charge is 2.40. The minimum Gasteiger partial charge on any atom is -0.491 e. The van der Waals surface area contributed by atoms with Gasteiger partial charge in [0.05, 0.1) is 25.9 Å². The van der Waals surface area contributed by atoms with E-state index in [1.807, 2.05) is 0 Å². The van der Waals surface area contributed by atoms with Crippen molar-refractivity contribution in [2.24, 2.45) is 5.92 Å². The molecule has 1 rings (SSSR count). The van der Waals surface area contributed by atoms with Crippen molar-refractivity contribution in [3.8, 4) is 5.75 Å². The third-order valence-electron chi connectivity index (χ3n) is 2.89. The van der Waals surface area contributed by atoms with Gasteiger partial charge in [-0.3, -0.25) is 14.4 Å². The van der Waals surface area contributed by atoms with Crippen molar-refractivity contribution in [2.75, 3.05) is 20.3 Å². The van der Waals surface area contributed by atoms with Crippen LogP contribution in [0.5, 0.6) is 5.75 Å². The lowest BCUT2D eigenvalue weighted by Crippen LogP contribution is -2.35. The molecule has 0 unspecified atom stereocenters. The summed E-state index contributed by atoms with van der Waals surface area (Å²) >= 11 is 0. The van der Waals surface area contributed by atoms with E-state index in [2.05, 4.69) is 14.2 Å². The number of esters is 2. The van der Waals surface area contributed by atoms with E-state index in [0.29, 0.717) is 0 Å². The molecular formula is C15H15F3O6. The zero-order chi connectivity index (χ0) is 18.4. The SMILES string of the molecule is CCOC(=O)C(C(=O)OCC)C(=O)c1cc(F)c(F)c(OC)c1F. The lowest BCUT2D eigenvalue weighted by molar-refractivity contribution is -0.158. The summed E-state index contributed by atoms with van der Waals surface area (Å²) in [5.41, 5.74) is -1.03. The Hall–Kier alpha value is -2.58. The standard InChI is InChI=1S/C15H15F3O6/c1-4-23-14(20)9(15(21)24-5-2)12(19)7-6-8(16)11(18)13(22-3)10(7)17/h6,9H,4-5H2,1-3H3. The van der Waals surface area contributed by atoms with Gasteiger partial charge < -0.3 is 14.2 Å². The van der Waals surface area contributed by atoms with Crippen molar-refractivity contribution in [3.63, 3.8) is 0 Å². The number of carbonyl (C=O) groups is 3. The number of carbonyl (C=O) groups excluding carboxylic acids is 3. The first kappa shape index (κ1) is 19.5. The van der Waals surface area contributed by atoms with Crippen LogP contribution in [0, 0.1) is 23.4 Å². The van der Waals surface area contributed by atoms with Crippen LogP contribution in [0.1, 0.15) is 24.2 Å². The summed E-state index contributed by atoms with van der Waals surface area (Å²) in [6, 6.07) is 0.237. The van der Waals surface area contributed by atoms with Crippen molar-refractivity contribution < 1.29 is 41.8 Å². The maximum absolute atomic E-state index is 14.2. The average molecular weight is 348 g/mol. The van der Waals surface area contributed by atoms with Crippen LogP contribution in [0.2, 0.25) is 0 Å². The van der Waals surface area contributed by atoms with Crippen molar-refractivity contribution >= 4 is 17.7 Å². The van der Waals surface area contributed by atoms with Crippen LogP contribution in [0.3, 0.4) is 0 Å². The Bertz CT molecular complexity index is 641. The van der Waals surface area contributed by atoms with Crippen LogP contribution in [0.15, 0.2) is 6.07 Å². The number of benzene rings is 1. The Balaban J connectivity index is 3.41. The molecule has 1 aromatic carbocycles. The summed E-state index contributed by atoms with van der Waals surface area (Å²) in [6.07, 6.45) is 0. The summed E-state index contributed by atoms with van der Waals surface area (Å²) in [6.45, 7) is 2.52. The van der Waals surface area contributed by atoms with Gasteiger partial charge in [0.15, 0.2) is 23.2 Å². The fourth-order valence-corrected chi connectivity index (χ4v) is 1.86. The van der Waals surface area contributed by atoms with Gasteiger partial charge in [0.1, 0.15) is 0 Å². The van der Waals surface area contributed by atoms with Gasteiger partial charge in [-0.1, -0.05) is 0 Å². The lowest BCUT2D eigenvalue weighted by atomic mass is 9.96. The first-order chi connectivity index (χ1) is 11.3. The summed E-state index contributed by atoms with van der Waals surface area (Å²) in [5, 5.41) is 0. The average Bonchev–Trinajstić information content (AvgIpc) is 2.52. The second-order valence-corrected chi connectivity index (χ2v) is 4.37. The van der Waals surface area contributed by atoms with Gasteiger partial charge in [-0.05, 0) is 19.9 Å². The van der Waals surface area contributed by atoms with Crippen molar-refractivity contribution in [1.82, 2.24) is 0 Å². The minimum absolute atomic E-state index is 0.161. The number of ether oxygens (including phenoxy) is 3. The predicted octanol–water partition coefficient (Wildman–Crippen LogP) is 2.04. The first-order valence-electron chi connectivity index (χ1n) is 6.88. The molecule has 9 heteroatoms. The predicted molar refractivity (Wildman–Crippen MR) is 74.0 cm³/mol. The van der Waals surface area contributed by atoms with E-state index in [4.69, 9.17) is 0 Å². The molecule has 0 amide bonds. The largest absolute Gasteiger partial charge is 0.491 e. The third-order valence-corrected chi connectivity index (χ3v) is 2.89. The number of halogens is 3. The Morgan fingerprint density at radius 3 is 1.92 bits per heavy atom. The van der Waals surface area contributed by atoms with E-state index in [1.165, 1.54) is 13.8 Å². The molecule has 0 radical (unpaired) electrons. The van der Waals surface area contributed by atoms with E-state index in [-0.39, 0.29) is 19.3 Å². The van der Waals surface area contributed by atoms with Crippen LogP contribution in [0.4, 0.5) is 13.2 Å². The highest BCUT2D eigenvalue weighted by molar-refractivity contribution is 6.21. The fourth-order valence-electron chi connectivity index (χ4n) is 1.86. The second kappa shape index (κ2) is 8.32. The van der Waals surface area contributed by atoms with Crippen LogP contribution >= 0.6 is 0 Å². The maximum Gasteiger partial charge on any atom is 0.328 e. The van der Waals surface area contributed by atoms with Gasteiger partial charge in [0, 0.05) is 0 Å². The van der Waals surface area contributed by atoms with Crippen LogP contribution in [-0.2, 0) is 19.1 Å². The minimum atomic E-state index is -2.16. The Kier molecular flexibility index (Phi) is 6.75. The number of ketones is 1. The van der Waals surface area contributed by atoms with E-state index >= 15 is 0 Å². The summed E-state index contributed by atoms with van der Waals surface area (Å²) in [7, 11) is 0.864. The van der Waals surface area contributed by atoms with Crippen molar-refractivity contribution in [1.29, 1.82) is 0 Å². The quantitative estimate of drug-likeness (QED) is 0.325. The van der Waals surface area contributed by atoms with E-state index < -0.39 is 52.4 Å². The van der Waals surface area contributed by atoms with Crippen molar-refractivity contribution in [2.45, 2.75) is 13.8 Å². The molecule has 0 heterocycles. The van der Waals surface area contributed by atoms with Crippen LogP contribution < -0.4 is 4.74 Å². The van der Waals surface area contributed by atoms with Gasteiger partial charge in [-0.2, -0.15) is 4.39 Å². The van der Waals surface area contributed by atoms with Gasteiger partial charge in [0.2, 0.25) is 11.7 Å². The molecule has 6 nitrogen and oxygen atoms in total. The van der Waals surface area contributed by atoms with Crippen LogP contribution in [-0.4, -0.2) is 38.0 Å². The molecule has 132 valence electrons. The number of Topliss-reactive ketones (excluding diaryl/α,β-unsaturated/α-hetero) is 1. The number of methoxy groups -OCH3 is 1. The normalized spacial score (nSPS) is 10.5. The summed E-state index contributed by atoms with van der Waals surface area (Å²) in [4.78, 5) is 36.0. The molecule has 0 aliphatic rings. The summed E-state index contributed by atoms with van der Waals surface area (Å²) in [5.74, 6) is -12.1. The molecule has 0 saturated carbocycles. The molecule has 0 fully saturated rings. The van der Waals surface area contributed by atoms with Gasteiger partial charge >= 0.3 is 11.9 Å². The van der Waals surface area contributed by atoms with E-state index in [1.54, 1.807) is 0 Å². The number of hydrogen-bond donors (Lipinski definition) is 0. The smallest absolute Gasteiger partial charge is 0.328 e. The molecule has 24 heavy (non-hydrogen) atoms. The zero-order valence-electron chi connectivity index (χ0n) is 13.2. The zero-order valence-corrected chi connectivity index (χ0v) is 13.2. The van der Waals surface area contributed by atoms with Crippen molar-refractivity contribution in [3.05, 3.63) is 29.1 Å². The molecule has 0 spiro atoms. The number of hydrogen-bond acceptors (Lipinski definition) is 6. The van der Waals surface area contributed by atoms with E-state index in [0.717, 1.165) is 7.11 Å². The molecule has 0 bridgehead atoms. The third kappa shape index (κ3) is 3.84. The molecule has 0 N–H and O–H groups in total. The second-order valence-electron chi connectivity index (χ2n) is 4.37. The monoisotopic (exact) mass is 348 g/mol. The molecule has 0 atom stereocenters. The Morgan fingerprint density at radius 1 is 1.00 bits per heavy atom. The molecule has 0 saturated heterocycles. The van der Waals surface area contributed by atoms with Gasteiger partial charge in [-0.15, -0.1) is 0 Å². The fraction of sp³-hybridized carbons (Fsp3) is 0.400. The molecule has 0 aromatic heterocycles. The molecule has 0 aliphatic carbocycles. The highest BCUT2D eigenvalue weighted by atomic mass is 19.2. The Labute approximate surface area is 135 Å². The first-order valence-corrected chi connectivity index (χ1v) is 6.88. The Morgan fingerprint density at radius 2 is 1.50 bits per heavy atom. The highest BCUT2D eigenvalue weighted by Crippen LogP contribution is 2.29. The molecule has 1 aromatic rings. The van der Waals surface area contributed by atoms with Gasteiger partial charge in [-0.25, -0.2) is 8.78 Å². The van der Waals surface area contributed by atoms with Gasteiger partial charge in [0.25, 0.3) is 0 Å². The summed E-state index contributed by atoms with van der Waals surface area (Å²) < 4.78 is 54.7. The topological polar surface area (TPSA) is 78.9 Å².